The Hall–Kier alpha value is -2.02. The average molecular weight is 190 g/mol. The minimum Gasteiger partial charge on any atom is -0.507 e. The lowest BCUT2D eigenvalue weighted by atomic mass is 10.0. The summed E-state index contributed by atoms with van der Waals surface area (Å²) in [5.41, 5.74) is 6.50. The number of carbonyl (C=O) groups excluding carboxylic acids is 1. The van der Waals surface area contributed by atoms with E-state index >= 15 is 0 Å². The number of nitrogens with zero attached hydrogens (tertiary/aromatic N) is 1. The van der Waals surface area contributed by atoms with E-state index in [1.54, 1.807) is 6.92 Å². The van der Waals surface area contributed by atoms with Crippen LogP contribution in [0.3, 0.4) is 0 Å². The minimum atomic E-state index is -0.290. The summed E-state index contributed by atoms with van der Waals surface area (Å²) >= 11 is 0. The number of hydrogen-bond acceptors (Lipinski definition) is 4. The first-order valence-corrected chi connectivity index (χ1v) is 4.02. The first-order chi connectivity index (χ1) is 6.49. The van der Waals surface area contributed by atoms with E-state index in [4.69, 9.17) is 11.0 Å². The zero-order valence-electron chi connectivity index (χ0n) is 7.96. The van der Waals surface area contributed by atoms with Gasteiger partial charge in [0, 0.05) is 5.56 Å². The van der Waals surface area contributed by atoms with Crippen LogP contribution in [0.25, 0.3) is 0 Å². The number of hydrogen-bond donors (Lipinski definition) is 2. The highest BCUT2D eigenvalue weighted by molar-refractivity contribution is 5.98. The van der Waals surface area contributed by atoms with Crippen LogP contribution in [0, 0.1) is 18.3 Å². The predicted molar refractivity (Wildman–Crippen MR) is 52.0 cm³/mol. The van der Waals surface area contributed by atoms with Gasteiger partial charge in [-0.3, -0.25) is 4.79 Å². The Kier molecular flexibility index (Phi) is 2.43. The fraction of sp³-hybridized carbons (Fsp3) is 0.200. The van der Waals surface area contributed by atoms with Crippen LogP contribution in [-0.4, -0.2) is 10.9 Å². The van der Waals surface area contributed by atoms with Gasteiger partial charge in [0.15, 0.2) is 5.78 Å². The number of phenolic OH excluding ortho intramolecular Hbond substituents is 1. The van der Waals surface area contributed by atoms with E-state index in [1.807, 2.05) is 6.07 Å². The Balaban J connectivity index is 3.59. The molecule has 72 valence electrons. The molecule has 14 heavy (non-hydrogen) atoms. The van der Waals surface area contributed by atoms with Gasteiger partial charge >= 0.3 is 0 Å². The van der Waals surface area contributed by atoms with Crippen LogP contribution in [0.15, 0.2) is 6.07 Å². The summed E-state index contributed by atoms with van der Waals surface area (Å²) in [6.45, 7) is 2.89. The van der Waals surface area contributed by atoms with Crippen LogP contribution in [0.1, 0.15) is 28.4 Å². The summed E-state index contributed by atoms with van der Waals surface area (Å²) in [5, 5.41) is 18.3. The molecule has 0 aromatic heterocycles. The van der Waals surface area contributed by atoms with Crippen molar-refractivity contribution in [2.45, 2.75) is 13.8 Å². The Morgan fingerprint density at radius 3 is 2.64 bits per heavy atom. The molecule has 3 N–H and O–H groups in total. The highest BCUT2D eigenvalue weighted by Crippen LogP contribution is 2.30. The Morgan fingerprint density at radius 1 is 1.64 bits per heavy atom. The van der Waals surface area contributed by atoms with E-state index in [9.17, 15) is 9.90 Å². The van der Waals surface area contributed by atoms with Crippen molar-refractivity contribution >= 4 is 11.5 Å². The van der Waals surface area contributed by atoms with E-state index in [0.29, 0.717) is 5.56 Å². The lowest BCUT2D eigenvalue weighted by Gasteiger charge is -2.08. The van der Waals surface area contributed by atoms with Crippen molar-refractivity contribution in [3.63, 3.8) is 0 Å². The second-order valence-corrected chi connectivity index (χ2v) is 3.03. The van der Waals surface area contributed by atoms with Gasteiger partial charge in [-0.05, 0) is 19.9 Å². The lowest BCUT2D eigenvalue weighted by molar-refractivity contribution is 0.101. The van der Waals surface area contributed by atoms with E-state index in [0.717, 1.165) is 0 Å². The molecule has 0 aliphatic rings. The lowest BCUT2D eigenvalue weighted by Crippen LogP contribution is -2.01. The molecule has 0 unspecified atom stereocenters. The fourth-order valence-electron chi connectivity index (χ4n) is 1.18. The molecule has 0 aliphatic carbocycles. The van der Waals surface area contributed by atoms with Gasteiger partial charge in [-0.2, -0.15) is 5.26 Å². The predicted octanol–water partition coefficient (Wildman–Crippen LogP) is 1.36. The molecule has 0 saturated carbocycles. The first kappa shape index (κ1) is 10.1. The van der Waals surface area contributed by atoms with Crippen molar-refractivity contribution in [3.05, 3.63) is 22.8 Å². The van der Waals surface area contributed by atoms with Gasteiger partial charge in [0.05, 0.1) is 16.8 Å². The molecule has 0 spiro atoms. The highest BCUT2D eigenvalue weighted by atomic mass is 16.3. The monoisotopic (exact) mass is 190 g/mol. The summed E-state index contributed by atoms with van der Waals surface area (Å²) in [7, 11) is 0. The van der Waals surface area contributed by atoms with E-state index < -0.39 is 0 Å². The van der Waals surface area contributed by atoms with Crippen molar-refractivity contribution in [2.75, 3.05) is 5.73 Å². The molecule has 4 heteroatoms. The van der Waals surface area contributed by atoms with Gasteiger partial charge in [0.25, 0.3) is 0 Å². The smallest absolute Gasteiger partial charge is 0.163 e. The molecule has 0 amide bonds. The Labute approximate surface area is 81.6 Å². The number of carbonyl (C=O) groups is 1. The Bertz CT molecular complexity index is 444. The molecule has 0 bridgehead atoms. The van der Waals surface area contributed by atoms with Crippen LogP contribution in [0.5, 0.6) is 5.75 Å². The maximum atomic E-state index is 11.1. The van der Waals surface area contributed by atoms with Crippen molar-refractivity contribution in [2.24, 2.45) is 0 Å². The molecule has 0 fully saturated rings. The second kappa shape index (κ2) is 3.38. The van der Waals surface area contributed by atoms with E-state index in [-0.39, 0.29) is 28.3 Å². The molecule has 4 nitrogen and oxygen atoms in total. The number of phenols is 1. The van der Waals surface area contributed by atoms with Gasteiger partial charge in [-0.15, -0.1) is 0 Å². The largest absolute Gasteiger partial charge is 0.507 e. The highest BCUT2D eigenvalue weighted by Gasteiger charge is 2.14. The summed E-state index contributed by atoms with van der Waals surface area (Å²) in [6, 6.07) is 3.18. The summed E-state index contributed by atoms with van der Waals surface area (Å²) < 4.78 is 0. The maximum absolute atomic E-state index is 11.1. The maximum Gasteiger partial charge on any atom is 0.163 e. The quantitative estimate of drug-likeness (QED) is 0.517. The van der Waals surface area contributed by atoms with Gasteiger partial charge in [-0.1, -0.05) is 0 Å². The number of benzene rings is 1. The van der Waals surface area contributed by atoms with Crippen LogP contribution >= 0.6 is 0 Å². The zero-order valence-corrected chi connectivity index (χ0v) is 7.96. The summed E-state index contributed by atoms with van der Waals surface area (Å²) in [4.78, 5) is 11.1. The molecular weight excluding hydrogens is 180 g/mol. The van der Waals surface area contributed by atoms with Gasteiger partial charge in [0.2, 0.25) is 0 Å². The van der Waals surface area contributed by atoms with Crippen LogP contribution in [-0.2, 0) is 0 Å². The topological polar surface area (TPSA) is 87.1 Å². The molecule has 1 aromatic carbocycles. The van der Waals surface area contributed by atoms with Crippen molar-refractivity contribution in [1.29, 1.82) is 5.26 Å². The summed E-state index contributed by atoms with van der Waals surface area (Å²) in [6.07, 6.45) is 0. The molecule has 0 atom stereocenters. The molecular formula is C10H10N2O2. The molecule has 0 radical (unpaired) electrons. The SMILES string of the molecule is CC(=O)c1cc(C#N)c(N)c(C)c1O. The molecule has 0 saturated heterocycles. The third-order valence-electron chi connectivity index (χ3n) is 2.09. The van der Waals surface area contributed by atoms with Crippen LogP contribution < -0.4 is 5.73 Å². The number of nitriles is 1. The standard InChI is InChI=1S/C10H10N2O2/c1-5-9(12)7(4-11)3-8(6(2)13)10(5)14/h3,14H,12H2,1-2H3. The first-order valence-electron chi connectivity index (χ1n) is 4.02. The Morgan fingerprint density at radius 2 is 2.21 bits per heavy atom. The number of aromatic hydroxyl groups is 1. The van der Waals surface area contributed by atoms with E-state index in [2.05, 4.69) is 0 Å². The number of Topliss-reactive ketones (excluding diaryl/α,β-unsaturated/α-hetero) is 1. The third kappa shape index (κ3) is 1.40. The normalized spacial score (nSPS) is 9.50. The van der Waals surface area contributed by atoms with Gasteiger partial charge in [-0.25, -0.2) is 0 Å². The summed E-state index contributed by atoms with van der Waals surface area (Å²) in [5.74, 6) is -0.434. The molecule has 1 aromatic rings. The van der Waals surface area contributed by atoms with Crippen LogP contribution in [0.2, 0.25) is 0 Å². The number of ketones is 1. The average Bonchev–Trinajstić information content (AvgIpc) is 2.14. The van der Waals surface area contributed by atoms with Crippen molar-refractivity contribution < 1.29 is 9.90 Å². The third-order valence-corrected chi connectivity index (χ3v) is 2.09. The van der Waals surface area contributed by atoms with E-state index in [1.165, 1.54) is 13.0 Å². The van der Waals surface area contributed by atoms with Gasteiger partial charge in [0.1, 0.15) is 11.8 Å². The molecule has 0 heterocycles. The molecule has 1 rings (SSSR count). The zero-order chi connectivity index (χ0) is 10.9. The minimum absolute atomic E-state index is 0.133. The van der Waals surface area contributed by atoms with Gasteiger partial charge < -0.3 is 10.8 Å². The second-order valence-electron chi connectivity index (χ2n) is 3.03. The number of nitrogen functional groups attached to an aromatic ring is 1. The van der Waals surface area contributed by atoms with Crippen molar-refractivity contribution in [1.82, 2.24) is 0 Å². The van der Waals surface area contributed by atoms with Crippen molar-refractivity contribution in [3.8, 4) is 11.8 Å². The fourth-order valence-corrected chi connectivity index (χ4v) is 1.18. The molecule has 0 aliphatic heterocycles. The number of anilines is 1. The number of nitrogens with two attached hydrogens (primary N) is 1. The number of rotatable bonds is 1. The van der Waals surface area contributed by atoms with Crippen LogP contribution in [0.4, 0.5) is 5.69 Å².